The molecule has 0 radical (unpaired) electrons. The van der Waals surface area contributed by atoms with E-state index in [2.05, 4.69) is 16.1 Å². The molecule has 110 valence electrons. The van der Waals surface area contributed by atoms with Crippen molar-refractivity contribution in [3.05, 3.63) is 40.7 Å². The van der Waals surface area contributed by atoms with Gasteiger partial charge in [-0.05, 0) is 31.5 Å². The number of nitrogens with one attached hydrogen (secondary N) is 2. The van der Waals surface area contributed by atoms with Gasteiger partial charge >= 0.3 is 0 Å². The summed E-state index contributed by atoms with van der Waals surface area (Å²) in [4.78, 5) is -0.413. The Morgan fingerprint density at radius 2 is 2.20 bits per heavy atom. The Bertz CT molecular complexity index is 617. The summed E-state index contributed by atoms with van der Waals surface area (Å²) < 4.78 is 40.1. The largest absolute Gasteiger partial charge is 0.313 e. The van der Waals surface area contributed by atoms with Gasteiger partial charge in [0.05, 0.1) is 5.02 Å². The molecule has 1 heterocycles. The van der Waals surface area contributed by atoms with E-state index < -0.39 is 20.7 Å². The van der Waals surface area contributed by atoms with E-state index in [1.165, 1.54) is 23.8 Å². The first-order valence-electron chi connectivity index (χ1n) is 6.33. The number of halogens is 2. The smallest absolute Gasteiger partial charge is 0.243 e. The third kappa shape index (κ3) is 3.79. The number of benzene rings is 1. The monoisotopic (exact) mass is 318 g/mol. The molecule has 0 saturated heterocycles. The molecule has 0 atom stereocenters. The molecule has 4 nitrogen and oxygen atoms in total. The van der Waals surface area contributed by atoms with Crippen molar-refractivity contribution < 1.29 is 12.8 Å². The van der Waals surface area contributed by atoms with Crippen molar-refractivity contribution in [3.63, 3.8) is 0 Å². The van der Waals surface area contributed by atoms with Crippen LogP contribution in [0.1, 0.15) is 12.8 Å². The molecule has 2 rings (SSSR count). The predicted octanol–water partition coefficient (Wildman–Crippen LogP) is 2.07. The minimum absolute atomic E-state index is 0.200. The second-order valence-electron chi connectivity index (χ2n) is 4.52. The zero-order chi connectivity index (χ0) is 14.6. The maximum Gasteiger partial charge on any atom is 0.243 e. The number of hydrogen-bond donors (Lipinski definition) is 2. The third-order valence-corrected chi connectivity index (χ3v) is 4.87. The number of hydrogen-bond acceptors (Lipinski definition) is 3. The first-order valence-corrected chi connectivity index (χ1v) is 8.19. The predicted molar refractivity (Wildman–Crippen MR) is 76.8 cm³/mol. The lowest BCUT2D eigenvalue weighted by atomic mass is 10.1. The summed E-state index contributed by atoms with van der Waals surface area (Å²) in [6.45, 7) is 1.96. The quantitative estimate of drug-likeness (QED) is 0.817. The molecular formula is C13H16ClFN2O2S. The lowest BCUT2D eigenvalue weighted by Gasteiger charge is -2.14. The highest BCUT2D eigenvalue weighted by atomic mass is 35.5. The fraction of sp³-hybridized carbons (Fsp3) is 0.385. The van der Waals surface area contributed by atoms with Crippen molar-refractivity contribution in [2.45, 2.75) is 17.7 Å². The molecule has 1 aromatic carbocycles. The topological polar surface area (TPSA) is 58.2 Å². The highest BCUT2D eigenvalue weighted by molar-refractivity contribution is 7.89. The summed E-state index contributed by atoms with van der Waals surface area (Å²) in [7, 11) is -3.87. The number of rotatable bonds is 5. The van der Waals surface area contributed by atoms with Crippen LogP contribution in [0, 0.1) is 5.82 Å². The average molecular weight is 319 g/mol. The maximum absolute atomic E-state index is 13.7. The fourth-order valence-electron chi connectivity index (χ4n) is 2.01. The molecule has 0 bridgehead atoms. The molecule has 0 aromatic heterocycles. The van der Waals surface area contributed by atoms with Crippen molar-refractivity contribution >= 4 is 21.6 Å². The Hall–Kier alpha value is -0.950. The Balaban J connectivity index is 2.00. The second-order valence-corrected chi connectivity index (χ2v) is 6.66. The van der Waals surface area contributed by atoms with Crippen LogP contribution in [-0.2, 0) is 10.0 Å². The van der Waals surface area contributed by atoms with Gasteiger partial charge in [-0.1, -0.05) is 29.3 Å². The molecule has 0 unspecified atom stereocenters. The van der Waals surface area contributed by atoms with Crippen LogP contribution in [-0.4, -0.2) is 28.1 Å². The molecular weight excluding hydrogens is 303 g/mol. The Morgan fingerprint density at radius 3 is 2.90 bits per heavy atom. The van der Waals surface area contributed by atoms with E-state index in [9.17, 15) is 12.8 Å². The molecule has 1 aliphatic heterocycles. The van der Waals surface area contributed by atoms with Crippen LogP contribution >= 0.6 is 11.6 Å². The van der Waals surface area contributed by atoms with Gasteiger partial charge in [-0.2, -0.15) is 0 Å². The van der Waals surface area contributed by atoms with E-state index in [0.29, 0.717) is 6.42 Å². The summed E-state index contributed by atoms with van der Waals surface area (Å²) in [6, 6.07) is 3.93. The normalized spacial score (nSPS) is 16.0. The van der Waals surface area contributed by atoms with E-state index in [1.54, 1.807) is 0 Å². The zero-order valence-electron chi connectivity index (χ0n) is 10.8. The Morgan fingerprint density at radius 1 is 1.40 bits per heavy atom. The van der Waals surface area contributed by atoms with Gasteiger partial charge in [0.15, 0.2) is 5.82 Å². The first-order chi connectivity index (χ1) is 9.50. The summed E-state index contributed by atoms with van der Waals surface area (Å²) in [5.41, 5.74) is 1.21. The molecule has 1 aromatic rings. The van der Waals surface area contributed by atoms with Gasteiger partial charge in [0, 0.05) is 13.1 Å². The summed E-state index contributed by atoms with van der Waals surface area (Å²) in [5, 5.41) is 2.98. The maximum atomic E-state index is 13.7. The SMILES string of the molecule is O=S(=O)(NCCC1=CCNCC1)c1cccc(Cl)c1F. The van der Waals surface area contributed by atoms with Crippen molar-refractivity contribution in [2.24, 2.45) is 0 Å². The minimum atomic E-state index is -3.87. The van der Waals surface area contributed by atoms with Crippen LogP contribution < -0.4 is 10.0 Å². The van der Waals surface area contributed by atoms with Gasteiger partial charge in [-0.3, -0.25) is 0 Å². The average Bonchev–Trinajstić information content (AvgIpc) is 2.42. The van der Waals surface area contributed by atoms with Gasteiger partial charge in [0.2, 0.25) is 10.0 Å². The van der Waals surface area contributed by atoms with Gasteiger partial charge in [-0.15, -0.1) is 0 Å². The molecule has 0 aliphatic carbocycles. The Kier molecular flexibility index (Phi) is 5.15. The minimum Gasteiger partial charge on any atom is -0.313 e. The standard InChI is InChI=1S/C13H16ClFN2O2S/c14-11-2-1-3-12(13(11)15)20(18,19)17-9-6-10-4-7-16-8-5-10/h1-4,16-17H,5-9H2. The molecule has 2 N–H and O–H groups in total. The molecule has 0 amide bonds. The molecule has 0 fully saturated rings. The van der Waals surface area contributed by atoms with Crippen LogP contribution in [0.25, 0.3) is 0 Å². The molecule has 0 saturated carbocycles. The summed E-state index contributed by atoms with van der Waals surface area (Å²) >= 11 is 5.59. The van der Waals surface area contributed by atoms with Crippen LogP contribution in [0.15, 0.2) is 34.7 Å². The van der Waals surface area contributed by atoms with Crippen LogP contribution in [0.3, 0.4) is 0 Å². The zero-order valence-corrected chi connectivity index (χ0v) is 12.4. The van der Waals surface area contributed by atoms with E-state index >= 15 is 0 Å². The number of sulfonamides is 1. The highest BCUT2D eigenvalue weighted by Gasteiger charge is 2.20. The van der Waals surface area contributed by atoms with Crippen molar-refractivity contribution in [1.82, 2.24) is 10.0 Å². The highest BCUT2D eigenvalue weighted by Crippen LogP contribution is 2.21. The molecule has 7 heteroatoms. The molecule has 20 heavy (non-hydrogen) atoms. The third-order valence-electron chi connectivity index (χ3n) is 3.10. The lowest BCUT2D eigenvalue weighted by Crippen LogP contribution is -2.27. The van der Waals surface area contributed by atoms with Gasteiger partial charge in [-0.25, -0.2) is 17.5 Å². The van der Waals surface area contributed by atoms with Crippen molar-refractivity contribution in [3.8, 4) is 0 Å². The second kappa shape index (κ2) is 6.67. The fourth-order valence-corrected chi connectivity index (χ4v) is 3.37. The van der Waals surface area contributed by atoms with Crippen LogP contribution in [0.5, 0.6) is 0 Å². The molecule has 0 spiro atoms. The van der Waals surface area contributed by atoms with E-state index in [1.807, 2.05) is 0 Å². The van der Waals surface area contributed by atoms with Crippen LogP contribution in [0.4, 0.5) is 4.39 Å². The first kappa shape index (κ1) is 15.4. The summed E-state index contributed by atoms with van der Waals surface area (Å²) in [5.74, 6) is -0.914. The molecule has 1 aliphatic rings. The van der Waals surface area contributed by atoms with Crippen molar-refractivity contribution in [1.29, 1.82) is 0 Å². The van der Waals surface area contributed by atoms with E-state index in [-0.39, 0.29) is 11.6 Å². The van der Waals surface area contributed by atoms with Gasteiger partial charge in [0.1, 0.15) is 4.90 Å². The van der Waals surface area contributed by atoms with E-state index in [0.717, 1.165) is 19.5 Å². The Labute approximate surface area is 123 Å². The summed E-state index contributed by atoms with van der Waals surface area (Å²) in [6.07, 6.45) is 3.59. The lowest BCUT2D eigenvalue weighted by molar-refractivity contribution is 0.556. The van der Waals surface area contributed by atoms with Gasteiger partial charge in [0.25, 0.3) is 0 Å². The van der Waals surface area contributed by atoms with Gasteiger partial charge < -0.3 is 5.32 Å². The van der Waals surface area contributed by atoms with E-state index in [4.69, 9.17) is 11.6 Å². The van der Waals surface area contributed by atoms with Crippen molar-refractivity contribution in [2.75, 3.05) is 19.6 Å². The van der Waals surface area contributed by atoms with Crippen LogP contribution in [0.2, 0.25) is 5.02 Å².